The molecule has 0 saturated carbocycles. The summed E-state index contributed by atoms with van der Waals surface area (Å²) in [6, 6.07) is 6.95. The maximum absolute atomic E-state index is 12.4. The SMILES string of the molecule is CC[C@H](NC(=O)Cn1[nH]c2ccccc2c1=O)c1ncnn1CC. The van der Waals surface area contributed by atoms with Gasteiger partial charge in [-0.2, -0.15) is 5.10 Å². The van der Waals surface area contributed by atoms with Gasteiger partial charge in [-0.3, -0.25) is 14.7 Å². The van der Waals surface area contributed by atoms with E-state index in [-0.39, 0.29) is 24.1 Å². The highest BCUT2D eigenvalue weighted by Crippen LogP contribution is 2.13. The molecule has 3 aromatic rings. The van der Waals surface area contributed by atoms with Gasteiger partial charge in [0.05, 0.1) is 16.9 Å². The molecule has 2 heterocycles. The van der Waals surface area contributed by atoms with Gasteiger partial charge in [0, 0.05) is 6.54 Å². The molecular weight excluding hydrogens is 308 g/mol. The number of rotatable bonds is 6. The number of nitrogens with zero attached hydrogens (tertiary/aromatic N) is 4. The summed E-state index contributed by atoms with van der Waals surface area (Å²) in [5.41, 5.74) is 0.513. The third kappa shape index (κ3) is 2.94. The van der Waals surface area contributed by atoms with Crippen LogP contribution in [0.1, 0.15) is 32.1 Å². The molecule has 0 bridgehead atoms. The quantitative estimate of drug-likeness (QED) is 0.710. The van der Waals surface area contributed by atoms with E-state index in [0.717, 1.165) is 5.82 Å². The lowest BCUT2D eigenvalue weighted by molar-refractivity contribution is -0.122. The predicted octanol–water partition coefficient (Wildman–Crippen LogP) is 1.21. The average molecular weight is 328 g/mol. The summed E-state index contributed by atoms with van der Waals surface area (Å²) in [5, 5.41) is 10.6. The lowest BCUT2D eigenvalue weighted by Gasteiger charge is -2.16. The minimum Gasteiger partial charge on any atom is -0.344 e. The van der Waals surface area contributed by atoms with E-state index in [1.165, 1.54) is 11.0 Å². The van der Waals surface area contributed by atoms with Crippen LogP contribution in [0.4, 0.5) is 0 Å². The van der Waals surface area contributed by atoms with Crippen LogP contribution < -0.4 is 10.9 Å². The van der Waals surface area contributed by atoms with Crippen molar-refractivity contribution in [2.24, 2.45) is 0 Å². The number of aromatic nitrogens is 5. The molecular formula is C16H20N6O2. The fourth-order valence-corrected chi connectivity index (χ4v) is 2.74. The Kier molecular flexibility index (Phi) is 4.45. The average Bonchev–Trinajstić information content (AvgIpc) is 3.18. The van der Waals surface area contributed by atoms with Crippen LogP contribution in [0.2, 0.25) is 0 Å². The third-order valence-corrected chi connectivity index (χ3v) is 3.96. The largest absolute Gasteiger partial charge is 0.344 e. The molecule has 8 nitrogen and oxygen atoms in total. The number of aromatic amines is 1. The van der Waals surface area contributed by atoms with Crippen molar-refractivity contribution in [3.8, 4) is 0 Å². The van der Waals surface area contributed by atoms with E-state index in [9.17, 15) is 9.59 Å². The first-order valence-corrected chi connectivity index (χ1v) is 7.98. The molecule has 0 fully saturated rings. The van der Waals surface area contributed by atoms with Gasteiger partial charge >= 0.3 is 0 Å². The second-order valence-electron chi connectivity index (χ2n) is 5.51. The smallest absolute Gasteiger partial charge is 0.274 e. The minimum atomic E-state index is -0.249. The van der Waals surface area contributed by atoms with Crippen molar-refractivity contribution in [1.82, 2.24) is 29.9 Å². The molecule has 1 atom stereocenters. The van der Waals surface area contributed by atoms with E-state index >= 15 is 0 Å². The first-order valence-electron chi connectivity index (χ1n) is 7.98. The van der Waals surface area contributed by atoms with Crippen LogP contribution in [-0.2, 0) is 17.9 Å². The number of benzene rings is 1. The summed E-state index contributed by atoms with van der Waals surface area (Å²) >= 11 is 0. The van der Waals surface area contributed by atoms with Crippen molar-refractivity contribution in [1.29, 1.82) is 0 Å². The van der Waals surface area contributed by atoms with E-state index in [2.05, 4.69) is 20.5 Å². The van der Waals surface area contributed by atoms with Gasteiger partial charge in [-0.25, -0.2) is 14.3 Å². The Morgan fingerprint density at radius 1 is 1.33 bits per heavy atom. The van der Waals surface area contributed by atoms with Gasteiger partial charge in [0.2, 0.25) is 5.91 Å². The van der Waals surface area contributed by atoms with Gasteiger partial charge in [0.25, 0.3) is 5.56 Å². The highest BCUT2D eigenvalue weighted by molar-refractivity contribution is 5.79. The molecule has 1 aromatic carbocycles. The Morgan fingerprint density at radius 3 is 2.83 bits per heavy atom. The Bertz CT molecular complexity index is 907. The van der Waals surface area contributed by atoms with E-state index in [0.29, 0.717) is 23.9 Å². The highest BCUT2D eigenvalue weighted by Gasteiger charge is 2.19. The summed E-state index contributed by atoms with van der Waals surface area (Å²) in [4.78, 5) is 28.9. The molecule has 2 N–H and O–H groups in total. The summed E-state index contributed by atoms with van der Waals surface area (Å²) < 4.78 is 3.07. The number of fused-ring (bicyclic) bond motifs is 1. The Balaban J connectivity index is 1.76. The van der Waals surface area contributed by atoms with Crippen LogP contribution >= 0.6 is 0 Å². The van der Waals surface area contributed by atoms with Gasteiger partial charge in [0.15, 0.2) is 0 Å². The Morgan fingerprint density at radius 2 is 2.12 bits per heavy atom. The Labute approximate surface area is 138 Å². The summed E-state index contributed by atoms with van der Waals surface area (Å²) in [7, 11) is 0. The number of para-hydroxylation sites is 1. The lowest BCUT2D eigenvalue weighted by atomic mass is 10.2. The molecule has 0 aliphatic carbocycles. The van der Waals surface area contributed by atoms with Gasteiger partial charge < -0.3 is 5.32 Å². The number of hydrogen-bond acceptors (Lipinski definition) is 4. The van der Waals surface area contributed by atoms with Crippen LogP contribution in [0.25, 0.3) is 10.9 Å². The zero-order valence-electron chi connectivity index (χ0n) is 13.7. The second-order valence-corrected chi connectivity index (χ2v) is 5.51. The van der Waals surface area contributed by atoms with Gasteiger partial charge in [-0.05, 0) is 25.5 Å². The highest BCUT2D eigenvalue weighted by atomic mass is 16.2. The van der Waals surface area contributed by atoms with Crippen molar-refractivity contribution in [3.63, 3.8) is 0 Å². The first kappa shape index (κ1) is 16.0. The van der Waals surface area contributed by atoms with Crippen LogP contribution in [0.15, 0.2) is 35.4 Å². The summed E-state index contributed by atoms with van der Waals surface area (Å²) in [6.07, 6.45) is 2.17. The first-order chi connectivity index (χ1) is 11.6. The number of hydrogen-bond donors (Lipinski definition) is 2. The molecule has 0 radical (unpaired) electrons. The number of nitrogens with one attached hydrogen (secondary N) is 2. The molecule has 0 saturated heterocycles. The normalized spacial score (nSPS) is 12.4. The van der Waals surface area contributed by atoms with Crippen molar-refractivity contribution >= 4 is 16.8 Å². The van der Waals surface area contributed by atoms with Crippen molar-refractivity contribution in [2.75, 3.05) is 0 Å². The molecule has 2 aromatic heterocycles. The van der Waals surface area contributed by atoms with Crippen LogP contribution in [0.3, 0.4) is 0 Å². The second kappa shape index (κ2) is 6.69. The summed E-state index contributed by atoms with van der Waals surface area (Å²) in [5.74, 6) is 0.471. The van der Waals surface area contributed by atoms with E-state index in [4.69, 9.17) is 0 Å². The van der Waals surface area contributed by atoms with E-state index < -0.39 is 0 Å². The van der Waals surface area contributed by atoms with Gasteiger partial charge in [-0.15, -0.1) is 0 Å². The fraction of sp³-hybridized carbons (Fsp3) is 0.375. The topological polar surface area (TPSA) is 97.6 Å². The molecule has 24 heavy (non-hydrogen) atoms. The molecule has 0 unspecified atom stereocenters. The number of aryl methyl sites for hydroxylation is 1. The van der Waals surface area contributed by atoms with Crippen molar-refractivity contribution in [2.45, 2.75) is 39.4 Å². The molecule has 0 spiro atoms. The fourth-order valence-electron chi connectivity index (χ4n) is 2.74. The van der Waals surface area contributed by atoms with Crippen molar-refractivity contribution in [3.05, 3.63) is 46.8 Å². The standard InChI is InChI=1S/C16H20N6O2/c1-3-12(15-17-10-18-21(15)4-2)19-14(23)9-22-16(24)11-7-5-6-8-13(11)20-22/h5-8,10,12,20H,3-4,9H2,1-2H3,(H,19,23)/t12-/m0/s1. The maximum atomic E-state index is 12.4. The zero-order valence-corrected chi connectivity index (χ0v) is 13.7. The third-order valence-electron chi connectivity index (χ3n) is 3.96. The number of amides is 1. The van der Waals surface area contributed by atoms with E-state index in [1.807, 2.05) is 26.0 Å². The molecule has 0 aliphatic heterocycles. The van der Waals surface area contributed by atoms with Gasteiger partial charge in [0.1, 0.15) is 18.7 Å². The predicted molar refractivity (Wildman–Crippen MR) is 89.4 cm³/mol. The monoisotopic (exact) mass is 328 g/mol. The van der Waals surface area contributed by atoms with Crippen molar-refractivity contribution < 1.29 is 4.79 Å². The Hall–Kier alpha value is -2.90. The molecule has 8 heteroatoms. The zero-order chi connectivity index (χ0) is 17.1. The van der Waals surface area contributed by atoms with Gasteiger partial charge in [-0.1, -0.05) is 19.1 Å². The molecule has 126 valence electrons. The number of carbonyl (C=O) groups is 1. The number of H-pyrrole nitrogens is 1. The van der Waals surface area contributed by atoms with E-state index in [1.54, 1.807) is 16.8 Å². The maximum Gasteiger partial charge on any atom is 0.274 e. The van der Waals surface area contributed by atoms with Crippen LogP contribution in [0.5, 0.6) is 0 Å². The minimum absolute atomic E-state index is 0.0652. The molecule has 0 aliphatic rings. The number of carbonyl (C=O) groups excluding carboxylic acids is 1. The van der Waals surface area contributed by atoms with Crippen LogP contribution in [0, 0.1) is 0 Å². The lowest BCUT2D eigenvalue weighted by Crippen LogP contribution is -2.35. The summed E-state index contributed by atoms with van der Waals surface area (Å²) in [6.45, 7) is 4.55. The molecule has 3 rings (SSSR count). The van der Waals surface area contributed by atoms with Crippen LogP contribution in [-0.4, -0.2) is 30.5 Å². The molecule has 1 amide bonds.